The first-order valence-corrected chi connectivity index (χ1v) is 6.31. The van der Waals surface area contributed by atoms with Crippen molar-refractivity contribution >= 4 is 46.4 Å². The minimum absolute atomic E-state index is 0.103. The molecule has 0 spiro atoms. The molecule has 2 N–H and O–H groups in total. The molecule has 0 aliphatic rings. The second kappa shape index (κ2) is 6.36. The van der Waals surface area contributed by atoms with Crippen LogP contribution in [0.4, 0.5) is 11.4 Å². The van der Waals surface area contributed by atoms with Gasteiger partial charge in [0.15, 0.2) is 5.15 Å². The van der Waals surface area contributed by atoms with E-state index in [4.69, 9.17) is 23.2 Å². The lowest BCUT2D eigenvalue weighted by molar-refractivity contribution is -0.132. The fourth-order valence-electron chi connectivity index (χ4n) is 1.40. The monoisotopic (exact) mass is 309 g/mol. The number of hydrogen-bond donors (Lipinski definition) is 2. The molecule has 2 amide bonds. The Labute approximate surface area is 124 Å². The fraction of sp³-hybridized carbons (Fsp3) is 0. The average molecular weight is 310 g/mol. The van der Waals surface area contributed by atoms with E-state index in [2.05, 4.69) is 15.6 Å². The molecule has 20 heavy (non-hydrogen) atoms. The number of carbonyl (C=O) groups is 2. The van der Waals surface area contributed by atoms with Gasteiger partial charge in [-0.25, -0.2) is 4.98 Å². The van der Waals surface area contributed by atoms with E-state index < -0.39 is 11.8 Å². The third-order valence-electron chi connectivity index (χ3n) is 2.34. The van der Waals surface area contributed by atoms with Crippen LogP contribution in [-0.4, -0.2) is 16.8 Å². The summed E-state index contributed by atoms with van der Waals surface area (Å²) in [7, 11) is 0. The van der Waals surface area contributed by atoms with Crippen molar-refractivity contribution in [3.63, 3.8) is 0 Å². The predicted octanol–water partition coefficient (Wildman–Crippen LogP) is 2.97. The van der Waals surface area contributed by atoms with Crippen LogP contribution in [-0.2, 0) is 9.59 Å². The van der Waals surface area contributed by atoms with Gasteiger partial charge in [-0.05, 0) is 24.3 Å². The molecule has 0 atom stereocenters. The standard InChI is InChI=1S/C13H9Cl2N3O2/c14-8-4-1-2-5-9(8)17-12(19)13(20)18-10-6-3-7-16-11(10)15/h1-7H,(H,17,19)(H,18,20). The molecule has 0 fully saturated rings. The first-order chi connectivity index (χ1) is 9.58. The van der Waals surface area contributed by atoms with Crippen molar-refractivity contribution in [2.24, 2.45) is 0 Å². The van der Waals surface area contributed by atoms with Crippen molar-refractivity contribution in [2.75, 3.05) is 10.6 Å². The van der Waals surface area contributed by atoms with E-state index in [1.54, 1.807) is 30.3 Å². The second-order valence-electron chi connectivity index (χ2n) is 3.73. The lowest BCUT2D eigenvalue weighted by Gasteiger charge is -2.08. The molecule has 0 unspecified atom stereocenters. The Kier molecular flexibility index (Phi) is 4.55. The SMILES string of the molecule is O=C(Nc1ccccc1Cl)C(=O)Nc1cccnc1Cl. The maximum atomic E-state index is 11.7. The Balaban J connectivity index is 2.05. The van der Waals surface area contributed by atoms with Gasteiger partial charge in [0.05, 0.1) is 16.4 Å². The van der Waals surface area contributed by atoms with Crippen molar-refractivity contribution in [1.29, 1.82) is 0 Å². The number of amides is 2. The second-order valence-corrected chi connectivity index (χ2v) is 4.50. The Bertz CT molecular complexity index is 604. The number of carbonyl (C=O) groups excluding carboxylic acids is 2. The maximum Gasteiger partial charge on any atom is 0.314 e. The zero-order valence-corrected chi connectivity index (χ0v) is 11.6. The molecule has 2 rings (SSSR count). The number of aromatic nitrogens is 1. The Morgan fingerprint density at radius 3 is 2.15 bits per heavy atom. The topological polar surface area (TPSA) is 71.1 Å². The highest BCUT2D eigenvalue weighted by Gasteiger charge is 2.16. The number of para-hydroxylation sites is 1. The summed E-state index contributed by atoms with van der Waals surface area (Å²) < 4.78 is 0. The quantitative estimate of drug-likeness (QED) is 0.662. The molecule has 0 bridgehead atoms. The normalized spacial score (nSPS) is 9.90. The van der Waals surface area contributed by atoms with E-state index in [0.717, 1.165) is 0 Å². The third-order valence-corrected chi connectivity index (χ3v) is 2.97. The van der Waals surface area contributed by atoms with Crippen LogP contribution in [0.25, 0.3) is 0 Å². The Morgan fingerprint density at radius 1 is 0.900 bits per heavy atom. The zero-order chi connectivity index (χ0) is 14.5. The molecule has 0 radical (unpaired) electrons. The molecule has 5 nitrogen and oxygen atoms in total. The van der Waals surface area contributed by atoms with E-state index in [0.29, 0.717) is 10.7 Å². The Hall–Kier alpha value is -2.11. The predicted molar refractivity (Wildman–Crippen MR) is 78.0 cm³/mol. The summed E-state index contributed by atoms with van der Waals surface area (Å²) in [6.45, 7) is 0. The molecular formula is C13H9Cl2N3O2. The molecule has 1 aromatic heterocycles. The number of hydrogen-bond acceptors (Lipinski definition) is 3. The average Bonchev–Trinajstić information content (AvgIpc) is 2.43. The molecule has 7 heteroatoms. The van der Waals surface area contributed by atoms with Crippen molar-refractivity contribution in [3.05, 3.63) is 52.8 Å². The molecule has 0 aliphatic heterocycles. The van der Waals surface area contributed by atoms with Crippen molar-refractivity contribution in [2.45, 2.75) is 0 Å². The van der Waals surface area contributed by atoms with Crippen LogP contribution in [0, 0.1) is 0 Å². The van der Waals surface area contributed by atoms with E-state index in [1.165, 1.54) is 12.3 Å². The highest BCUT2D eigenvalue weighted by atomic mass is 35.5. The summed E-state index contributed by atoms with van der Waals surface area (Å²) >= 11 is 11.7. The molecule has 2 aromatic rings. The van der Waals surface area contributed by atoms with Gasteiger partial charge in [0, 0.05) is 6.20 Å². The van der Waals surface area contributed by atoms with Gasteiger partial charge in [-0.3, -0.25) is 9.59 Å². The molecule has 102 valence electrons. The summed E-state index contributed by atoms with van der Waals surface area (Å²) in [5.41, 5.74) is 0.611. The van der Waals surface area contributed by atoms with E-state index in [-0.39, 0.29) is 10.8 Å². The van der Waals surface area contributed by atoms with Crippen LogP contribution in [0.15, 0.2) is 42.6 Å². The largest absolute Gasteiger partial charge is 0.316 e. The third kappa shape index (κ3) is 3.46. The minimum Gasteiger partial charge on any atom is -0.316 e. The lowest BCUT2D eigenvalue weighted by atomic mass is 10.3. The fourth-order valence-corrected chi connectivity index (χ4v) is 1.75. The van der Waals surface area contributed by atoms with Crippen LogP contribution in [0.1, 0.15) is 0 Å². The lowest BCUT2D eigenvalue weighted by Crippen LogP contribution is -2.29. The molecule has 1 aromatic carbocycles. The molecule has 0 saturated heterocycles. The van der Waals surface area contributed by atoms with Gasteiger partial charge >= 0.3 is 11.8 Å². The summed E-state index contributed by atoms with van der Waals surface area (Å²) in [6, 6.07) is 9.73. The van der Waals surface area contributed by atoms with Crippen LogP contribution < -0.4 is 10.6 Å². The Morgan fingerprint density at radius 2 is 1.50 bits per heavy atom. The first kappa shape index (κ1) is 14.3. The van der Waals surface area contributed by atoms with Gasteiger partial charge in [0.1, 0.15) is 0 Å². The molecule has 0 saturated carbocycles. The van der Waals surface area contributed by atoms with Gasteiger partial charge < -0.3 is 10.6 Å². The highest BCUT2D eigenvalue weighted by molar-refractivity contribution is 6.45. The van der Waals surface area contributed by atoms with Crippen molar-refractivity contribution in [1.82, 2.24) is 4.98 Å². The first-order valence-electron chi connectivity index (χ1n) is 5.55. The number of anilines is 2. The van der Waals surface area contributed by atoms with Crippen molar-refractivity contribution < 1.29 is 9.59 Å². The summed E-state index contributed by atoms with van der Waals surface area (Å²) in [4.78, 5) is 27.3. The van der Waals surface area contributed by atoms with Crippen LogP contribution in [0.2, 0.25) is 10.2 Å². The van der Waals surface area contributed by atoms with Gasteiger partial charge in [0.25, 0.3) is 0 Å². The van der Waals surface area contributed by atoms with E-state index >= 15 is 0 Å². The number of pyridine rings is 1. The highest BCUT2D eigenvalue weighted by Crippen LogP contribution is 2.21. The van der Waals surface area contributed by atoms with Gasteiger partial charge in [0.2, 0.25) is 0 Å². The number of benzene rings is 1. The van der Waals surface area contributed by atoms with E-state index in [1.807, 2.05) is 0 Å². The van der Waals surface area contributed by atoms with Crippen molar-refractivity contribution in [3.8, 4) is 0 Å². The van der Waals surface area contributed by atoms with Crippen LogP contribution in [0.3, 0.4) is 0 Å². The maximum absolute atomic E-state index is 11.7. The molecule has 0 aliphatic carbocycles. The number of nitrogens with zero attached hydrogens (tertiary/aromatic N) is 1. The molecule has 1 heterocycles. The summed E-state index contributed by atoms with van der Waals surface area (Å²) in [6.07, 6.45) is 1.47. The minimum atomic E-state index is -0.861. The van der Waals surface area contributed by atoms with Crippen LogP contribution >= 0.6 is 23.2 Å². The molecular weight excluding hydrogens is 301 g/mol. The van der Waals surface area contributed by atoms with Crippen LogP contribution in [0.5, 0.6) is 0 Å². The smallest absolute Gasteiger partial charge is 0.314 e. The van der Waals surface area contributed by atoms with Gasteiger partial charge in [-0.2, -0.15) is 0 Å². The zero-order valence-electron chi connectivity index (χ0n) is 10.1. The summed E-state index contributed by atoms with van der Waals surface area (Å²) in [5.74, 6) is -1.71. The van der Waals surface area contributed by atoms with Gasteiger partial charge in [-0.15, -0.1) is 0 Å². The number of halogens is 2. The van der Waals surface area contributed by atoms with Gasteiger partial charge in [-0.1, -0.05) is 35.3 Å². The van der Waals surface area contributed by atoms with E-state index in [9.17, 15) is 9.59 Å². The number of rotatable bonds is 2. The summed E-state index contributed by atoms with van der Waals surface area (Å²) in [5, 5.41) is 5.21. The number of nitrogens with one attached hydrogen (secondary N) is 2.